The van der Waals surface area contributed by atoms with E-state index in [1.54, 1.807) is 37.3 Å². The first-order valence-electron chi connectivity index (χ1n) is 10.4. The highest BCUT2D eigenvalue weighted by Crippen LogP contribution is 2.29. The lowest BCUT2D eigenvalue weighted by Crippen LogP contribution is -2.27. The maximum Gasteiger partial charge on any atom is 0.266 e. The molecule has 2 heterocycles. The molecule has 6 nitrogen and oxygen atoms in total. The number of nitrogens with one attached hydrogen (secondary N) is 2. The van der Waals surface area contributed by atoms with Crippen molar-refractivity contribution in [3.63, 3.8) is 0 Å². The summed E-state index contributed by atoms with van der Waals surface area (Å²) in [5.74, 6) is -1.35. The molecule has 0 atom stereocenters. The SMILES string of the molecule is Cc1cc(NC(=O)c2ccc(F)cc2Cl)sc1C(=O)Nc1ccc(C(=O)N2CCCC2)cc1. The lowest BCUT2D eigenvalue weighted by molar-refractivity contribution is 0.0792. The van der Waals surface area contributed by atoms with Crippen LogP contribution in [0.1, 0.15) is 48.8 Å². The summed E-state index contributed by atoms with van der Waals surface area (Å²) in [5.41, 5.74) is 1.98. The van der Waals surface area contributed by atoms with Crippen LogP contribution in [0.15, 0.2) is 48.5 Å². The molecular formula is C24H21ClFN3O3S. The van der Waals surface area contributed by atoms with E-state index >= 15 is 0 Å². The zero-order valence-corrected chi connectivity index (χ0v) is 19.4. The second-order valence-electron chi connectivity index (χ2n) is 7.73. The summed E-state index contributed by atoms with van der Waals surface area (Å²) in [6, 6.07) is 12.0. The molecule has 1 aromatic heterocycles. The number of hydrogen-bond donors (Lipinski definition) is 2. The number of anilines is 2. The molecule has 33 heavy (non-hydrogen) atoms. The number of carbonyl (C=O) groups excluding carboxylic acids is 3. The van der Waals surface area contributed by atoms with Gasteiger partial charge in [-0.05, 0) is 73.9 Å². The standard InChI is InChI=1S/C24H21ClFN3O3S/c1-14-12-20(28-22(30)18-9-6-16(26)13-19(18)25)33-21(14)23(31)27-17-7-4-15(5-8-17)24(32)29-10-2-3-11-29/h4-9,12-13H,2-3,10-11H2,1H3,(H,27,31)(H,28,30). The van der Waals surface area contributed by atoms with Crippen LogP contribution < -0.4 is 10.6 Å². The first-order chi connectivity index (χ1) is 15.8. The van der Waals surface area contributed by atoms with E-state index in [1.807, 2.05) is 4.90 Å². The van der Waals surface area contributed by atoms with Gasteiger partial charge in [-0.3, -0.25) is 14.4 Å². The smallest absolute Gasteiger partial charge is 0.266 e. The number of amides is 3. The molecule has 0 aliphatic carbocycles. The van der Waals surface area contributed by atoms with Crippen molar-refractivity contribution in [3.8, 4) is 0 Å². The molecule has 3 aromatic rings. The Kier molecular flexibility index (Phi) is 6.76. The van der Waals surface area contributed by atoms with Gasteiger partial charge in [-0.1, -0.05) is 11.6 Å². The molecule has 2 aromatic carbocycles. The molecule has 0 unspecified atom stereocenters. The Hall–Kier alpha value is -3.23. The molecule has 0 spiro atoms. The summed E-state index contributed by atoms with van der Waals surface area (Å²) in [4.78, 5) is 40.0. The zero-order chi connectivity index (χ0) is 23.5. The molecule has 4 rings (SSSR count). The molecule has 1 aliphatic rings. The summed E-state index contributed by atoms with van der Waals surface area (Å²) in [6.07, 6.45) is 2.05. The third kappa shape index (κ3) is 5.23. The highest BCUT2D eigenvalue weighted by atomic mass is 35.5. The summed E-state index contributed by atoms with van der Waals surface area (Å²) in [7, 11) is 0. The van der Waals surface area contributed by atoms with Gasteiger partial charge < -0.3 is 15.5 Å². The van der Waals surface area contributed by atoms with Crippen molar-refractivity contribution in [2.45, 2.75) is 19.8 Å². The number of rotatable bonds is 5. The maximum atomic E-state index is 13.2. The number of carbonyl (C=O) groups is 3. The number of aryl methyl sites for hydroxylation is 1. The van der Waals surface area contributed by atoms with E-state index < -0.39 is 11.7 Å². The first-order valence-corrected chi connectivity index (χ1v) is 11.6. The minimum absolute atomic E-state index is 0.00104. The van der Waals surface area contributed by atoms with Gasteiger partial charge in [0.15, 0.2) is 0 Å². The number of halogens is 2. The van der Waals surface area contributed by atoms with Gasteiger partial charge in [0.2, 0.25) is 0 Å². The average Bonchev–Trinajstić information content (AvgIpc) is 3.43. The van der Waals surface area contributed by atoms with Gasteiger partial charge in [0.05, 0.1) is 20.5 Å². The quantitative estimate of drug-likeness (QED) is 0.494. The predicted octanol–water partition coefficient (Wildman–Crippen LogP) is 5.59. The number of thiophene rings is 1. The lowest BCUT2D eigenvalue weighted by atomic mass is 10.1. The van der Waals surface area contributed by atoms with Crippen LogP contribution in [0.2, 0.25) is 5.02 Å². The van der Waals surface area contributed by atoms with Gasteiger partial charge in [-0.15, -0.1) is 11.3 Å². The van der Waals surface area contributed by atoms with Crippen LogP contribution in [0.25, 0.3) is 0 Å². The van der Waals surface area contributed by atoms with Gasteiger partial charge in [-0.25, -0.2) is 4.39 Å². The minimum Gasteiger partial charge on any atom is -0.339 e. The van der Waals surface area contributed by atoms with Crippen molar-refractivity contribution in [3.05, 3.63) is 80.9 Å². The van der Waals surface area contributed by atoms with Crippen molar-refractivity contribution in [2.75, 3.05) is 23.7 Å². The Morgan fingerprint density at radius 3 is 2.33 bits per heavy atom. The van der Waals surface area contributed by atoms with Crippen LogP contribution in [0.3, 0.4) is 0 Å². The van der Waals surface area contributed by atoms with Crippen LogP contribution in [-0.4, -0.2) is 35.7 Å². The predicted molar refractivity (Wildman–Crippen MR) is 128 cm³/mol. The molecule has 0 bridgehead atoms. The monoisotopic (exact) mass is 485 g/mol. The second kappa shape index (κ2) is 9.72. The van der Waals surface area contributed by atoms with E-state index in [-0.39, 0.29) is 22.4 Å². The number of hydrogen-bond acceptors (Lipinski definition) is 4. The van der Waals surface area contributed by atoms with Gasteiger partial charge >= 0.3 is 0 Å². The average molecular weight is 486 g/mol. The Balaban J connectivity index is 1.41. The summed E-state index contributed by atoms with van der Waals surface area (Å²) in [6.45, 7) is 3.33. The molecular weight excluding hydrogens is 465 g/mol. The largest absolute Gasteiger partial charge is 0.339 e. The summed E-state index contributed by atoms with van der Waals surface area (Å²) < 4.78 is 13.2. The first kappa shape index (κ1) is 22.9. The molecule has 170 valence electrons. The van der Waals surface area contributed by atoms with Crippen LogP contribution in [-0.2, 0) is 0 Å². The molecule has 0 saturated carbocycles. The van der Waals surface area contributed by atoms with E-state index in [4.69, 9.17) is 11.6 Å². The third-order valence-electron chi connectivity index (χ3n) is 5.32. The van der Waals surface area contributed by atoms with Crippen molar-refractivity contribution in [1.29, 1.82) is 0 Å². The zero-order valence-electron chi connectivity index (χ0n) is 17.8. The van der Waals surface area contributed by atoms with Crippen molar-refractivity contribution in [1.82, 2.24) is 4.90 Å². The molecule has 0 radical (unpaired) electrons. The second-order valence-corrected chi connectivity index (χ2v) is 9.19. The van der Waals surface area contributed by atoms with E-state index in [0.717, 1.165) is 49.4 Å². The fraction of sp³-hybridized carbons (Fsp3) is 0.208. The van der Waals surface area contributed by atoms with Gasteiger partial charge in [0.25, 0.3) is 17.7 Å². The minimum atomic E-state index is -0.532. The fourth-order valence-electron chi connectivity index (χ4n) is 3.61. The number of likely N-dealkylation sites (tertiary alicyclic amines) is 1. The third-order valence-corrected chi connectivity index (χ3v) is 6.78. The van der Waals surface area contributed by atoms with Gasteiger partial charge in [0, 0.05) is 24.3 Å². The summed E-state index contributed by atoms with van der Waals surface area (Å²) >= 11 is 7.07. The van der Waals surface area contributed by atoms with Crippen LogP contribution in [0.4, 0.5) is 15.1 Å². The highest BCUT2D eigenvalue weighted by molar-refractivity contribution is 7.18. The van der Waals surface area contributed by atoms with Gasteiger partial charge in [-0.2, -0.15) is 0 Å². The van der Waals surface area contributed by atoms with Crippen LogP contribution in [0.5, 0.6) is 0 Å². The summed E-state index contributed by atoms with van der Waals surface area (Å²) in [5, 5.41) is 5.99. The van der Waals surface area contributed by atoms with Crippen molar-refractivity contribution >= 4 is 51.3 Å². The Bertz CT molecular complexity index is 1220. The number of benzene rings is 2. The van der Waals surface area contributed by atoms with Crippen molar-refractivity contribution < 1.29 is 18.8 Å². The molecule has 1 saturated heterocycles. The van der Waals surface area contributed by atoms with E-state index in [9.17, 15) is 18.8 Å². The van der Waals surface area contributed by atoms with E-state index in [1.165, 1.54) is 6.07 Å². The maximum absolute atomic E-state index is 13.2. The molecule has 2 N–H and O–H groups in total. The lowest BCUT2D eigenvalue weighted by Gasteiger charge is -2.15. The topological polar surface area (TPSA) is 78.5 Å². The Labute approximate surface area is 199 Å². The van der Waals surface area contributed by atoms with Crippen molar-refractivity contribution in [2.24, 2.45) is 0 Å². The van der Waals surface area contributed by atoms with Gasteiger partial charge in [0.1, 0.15) is 5.82 Å². The Morgan fingerprint density at radius 1 is 0.970 bits per heavy atom. The van der Waals surface area contributed by atoms with Crippen LogP contribution >= 0.6 is 22.9 Å². The number of nitrogens with zero attached hydrogens (tertiary/aromatic N) is 1. The molecule has 1 fully saturated rings. The fourth-order valence-corrected chi connectivity index (χ4v) is 4.82. The van der Waals surface area contributed by atoms with E-state index in [2.05, 4.69) is 10.6 Å². The normalized spacial score (nSPS) is 13.1. The van der Waals surface area contributed by atoms with Crippen LogP contribution in [0, 0.1) is 12.7 Å². The van der Waals surface area contributed by atoms with E-state index in [0.29, 0.717) is 26.7 Å². The molecule has 9 heteroatoms. The highest BCUT2D eigenvalue weighted by Gasteiger charge is 2.20. The molecule has 3 amide bonds. The Morgan fingerprint density at radius 2 is 1.67 bits per heavy atom. The molecule has 1 aliphatic heterocycles.